The van der Waals surface area contributed by atoms with E-state index in [0.717, 1.165) is 38.2 Å². The summed E-state index contributed by atoms with van der Waals surface area (Å²) in [5.41, 5.74) is 0.379. The third-order valence-corrected chi connectivity index (χ3v) is 4.80. The average Bonchev–Trinajstić information content (AvgIpc) is 2.56. The van der Waals surface area contributed by atoms with Crippen molar-refractivity contribution < 1.29 is 52.4 Å². The summed E-state index contributed by atoms with van der Waals surface area (Å²) in [4.78, 5) is -0.375. The molecule has 0 spiro atoms. The molecule has 0 atom stereocenters. The van der Waals surface area contributed by atoms with Gasteiger partial charge in [0.1, 0.15) is 16.4 Å². The minimum Gasteiger partial charge on any atom is -0.872 e. The van der Waals surface area contributed by atoms with Crippen LogP contribution in [0.25, 0.3) is 0 Å². The summed E-state index contributed by atoms with van der Waals surface area (Å²) in [6, 6.07) is 10.9. The Bertz CT molecular complexity index is 791. The maximum atomic E-state index is 12.3. The van der Waals surface area contributed by atoms with Crippen molar-refractivity contribution in [1.29, 1.82) is 0 Å². The van der Waals surface area contributed by atoms with Gasteiger partial charge >= 0.3 is 29.6 Å². The molecule has 0 aliphatic carbocycles. The molecule has 26 heavy (non-hydrogen) atoms. The van der Waals surface area contributed by atoms with Gasteiger partial charge in [0.25, 0.3) is 10.1 Å². The fourth-order valence-corrected chi connectivity index (χ4v) is 3.24. The van der Waals surface area contributed by atoms with Crippen LogP contribution < -0.4 is 39.4 Å². The molecule has 0 heterocycles. The standard InChI is InChI=1S/C19H24O5S.Na/c1-2-3-4-5-7-10-15-13-19(25(21,22)23)18(14-17(15)20)24-16-11-8-6-9-12-16;/h6,8-9,11-14,20H,2-5,7,10H2,1H3,(H,21,22,23);/q;+1/p-1. The average molecular weight is 386 g/mol. The second-order valence-corrected chi connectivity index (χ2v) is 7.35. The van der Waals surface area contributed by atoms with Crippen LogP contribution in [0.1, 0.15) is 44.6 Å². The van der Waals surface area contributed by atoms with E-state index in [1.807, 2.05) is 0 Å². The van der Waals surface area contributed by atoms with E-state index in [0.29, 0.717) is 17.7 Å². The van der Waals surface area contributed by atoms with E-state index in [1.165, 1.54) is 6.07 Å². The molecule has 0 aromatic heterocycles. The van der Waals surface area contributed by atoms with E-state index < -0.39 is 10.1 Å². The van der Waals surface area contributed by atoms with Crippen molar-refractivity contribution in [3.05, 3.63) is 48.0 Å². The summed E-state index contributed by atoms with van der Waals surface area (Å²) < 4.78 is 38.4. The van der Waals surface area contributed by atoms with Crippen LogP contribution in [0.3, 0.4) is 0 Å². The SMILES string of the molecule is CCCCCCCc1cc(S(=O)(=O)O)c(Oc2ccccc2)cc1[O-].[Na+]. The van der Waals surface area contributed by atoms with Gasteiger partial charge in [-0.15, -0.1) is 5.75 Å². The molecular formula is C19H23NaO5S. The third-order valence-electron chi connectivity index (χ3n) is 3.93. The number of para-hydroxylation sites is 1. The van der Waals surface area contributed by atoms with Gasteiger partial charge in [0.05, 0.1) is 0 Å². The summed E-state index contributed by atoms with van der Waals surface area (Å²) in [5.74, 6) is -0.0543. The van der Waals surface area contributed by atoms with E-state index in [9.17, 15) is 18.1 Å². The first kappa shape index (κ1) is 23.0. The molecule has 0 saturated carbocycles. The smallest absolute Gasteiger partial charge is 0.872 e. The molecule has 2 aromatic carbocycles. The first-order chi connectivity index (χ1) is 11.9. The molecule has 7 heteroatoms. The maximum Gasteiger partial charge on any atom is 1.00 e. The third kappa shape index (κ3) is 6.93. The van der Waals surface area contributed by atoms with Crippen LogP contribution in [0.2, 0.25) is 0 Å². The number of benzene rings is 2. The Morgan fingerprint density at radius 3 is 2.31 bits per heavy atom. The molecule has 1 N–H and O–H groups in total. The predicted molar refractivity (Wildman–Crippen MR) is 94.7 cm³/mol. The first-order valence-corrected chi connectivity index (χ1v) is 9.90. The number of hydrogen-bond donors (Lipinski definition) is 1. The molecule has 0 radical (unpaired) electrons. The zero-order valence-corrected chi connectivity index (χ0v) is 18.1. The summed E-state index contributed by atoms with van der Waals surface area (Å²) in [5, 5.41) is 12.3. The quantitative estimate of drug-likeness (QED) is 0.399. The summed E-state index contributed by atoms with van der Waals surface area (Å²) in [7, 11) is -4.50. The number of rotatable bonds is 9. The molecule has 0 unspecified atom stereocenters. The van der Waals surface area contributed by atoms with Gasteiger partial charge in [-0.25, -0.2) is 0 Å². The van der Waals surface area contributed by atoms with Crippen molar-refractivity contribution in [2.45, 2.75) is 50.3 Å². The Hall–Kier alpha value is -1.05. The molecule has 0 aliphatic rings. The van der Waals surface area contributed by atoms with Crippen molar-refractivity contribution in [2.75, 3.05) is 0 Å². The van der Waals surface area contributed by atoms with Crippen LogP contribution >= 0.6 is 0 Å². The molecule has 2 aromatic rings. The molecule has 0 fully saturated rings. The minimum absolute atomic E-state index is 0. The fraction of sp³-hybridized carbons (Fsp3) is 0.368. The van der Waals surface area contributed by atoms with Gasteiger partial charge in [-0.2, -0.15) is 8.42 Å². The normalized spacial score (nSPS) is 11.0. The zero-order chi connectivity index (χ0) is 18.3. The summed E-state index contributed by atoms with van der Waals surface area (Å²) in [6.07, 6.45) is 5.63. The van der Waals surface area contributed by atoms with Crippen molar-refractivity contribution in [3.8, 4) is 17.2 Å². The molecule has 0 saturated heterocycles. The van der Waals surface area contributed by atoms with Gasteiger partial charge in [0.15, 0.2) is 0 Å². The van der Waals surface area contributed by atoms with Gasteiger partial charge in [0, 0.05) is 0 Å². The van der Waals surface area contributed by atoms with E-state index >= 15 is 0 Å². The first-order valence-electron chi connectivity index (χ1n) is 8.46. The molecule has 5 nitrogen and oxygen atoms in total. The second-order valence-electron chi connectivity index (χ2n) is 5.96. The summed E-state index contributed by atoms with van der Waals surface area (Å²) in [6.45, 7) is 2.12. The van der Waals surface area contributed by atoms with Gasteiger partial charge in [-0.05, 0) is 37.1 Å². The Kier molecular flexibility index (Phi) is 9.68. The summed E-state index contributed by atoms with van der Waals surface area (Å²) >= 11 is 0. The van der Waals surface area contributed by atoms with Crippen molar-refractivity contribution in [1.82, 2.24) is 0 Å². The van der Waals surface area contributed by atoms with Crippen LogP contribution in [-0.2, 0) is 16.5 Å². The van der Waals surface area contributed by atoms with Crippen LogP contribution in [-0.4, -0.2) is 13.0 Å². The van der Waals surface area contributed by atoms with E-state index in [4.69, 9.17) is 4.74 Å². The maximum absolute atomic E-state index is 12.3. The predicted octanol–water partition coefficient (Wildman–Crippen LogP) is 1.32. The van der Waals surface area contributed by atoms with Crippen molar-refractivity contribution in [3.63, 3.8) is 0 Å². The van der Waals surface area contributed by atoms with Gasteiger partial charge in [0.2, 0.25) is 0 Å². The number of hydrogen-bond acceptors (Lipinski definition) is 4. The number of aryl methyl sites for hydroxylation is 1. The van der Waals surface area contributed by atoms with E-state index in [2.05, 4.69) is 6.92 Å². The van der Waals surface area contributed by atoms with E-state index in [-0.39, 0.29) is 46.0 Å². The van der Waals surface area contributed by atoms with Crippen LogP contribution in [0.15, 0.2) is 47.4 Å². The van der Waals surface area contributed by atoms with Gasteiger partial charge in [-0.3, -0.25) is 4.55 Å². The molecular weight excluding hydrogens is 363 g/mol. The number of unbranched alkanes of at least 4 members (excludes halogenated alkanes) is 4. The zero-order valence-electron chi connectivity index (χ0n) is 15.3. The van der Waals surface area contributed by atoms with Crippen molar-refractivity contribution in [2.24, 2.45) is 0 Å². The van der Waals surface area contributed by atoms with E-state index in [1.54, 1.807) is 30.3 Å². The minimum atomic E-state index is -4.50. The van der Waals surface area contributed by atoms with Crippen LogP contribution in [0.5, 0.6) is 17.2 Å². The van der Waals surface area contributed by atoms with Crippen LogP contribution in [0.4, 0.5) is 0 Å². The molecule has 0 bridgehead atoms. The largest absolute Gasteiger partial charge is 1.00 e. The molecule has 2 rings (SSSR count). The Morgan fingerprint density at radius 2 is 1.69 bits per heavy atom. The fourth-order valence-electron chi connectivity index (χ4n) is 2.59. The molecule has 0 amide bonds. The molecule has 136 valence electrons. The van der Waals surface area contributed by atoms with Crippen molar-refractivity contribution >= 4 is 10.1 Å². The Morgan fingerprint density at radius 1 is 1.04 bits per heavy atom. The topological polar surface area (TPSA) is 86.7 Å². The van der Waals surface area contributed by atoms with Gasteiger partial charge < -0.3 is 9.84 Å². The Balaban J connectivity index is 0.00000338. The monoisotopic (exact) mass is 386 g/mol. The Labute approximate surface area is 177 Å². The number of ether oxygens (including phenoxy) is 1. The molecule has 0 aliphatic heterocycles. The second kappa shape index (κ2) is 10.9. The van der Waals surface area contributed by atoms with Crippen LogP contribution in [0, 0.1) is 0 Å². The van der Waals surface area contributed by atoms with Gasteiger partial charge in [-0.1, -0.05) is 56.4 Å².